The first-order valence-corrected chi connectivity index (χ1v) is 13.2. The van der Waals surface area contributed by atoms with Crippen molar-refractivity contribution in [3.05, 3.63) is 12.2 Å². The molecule has 1 unspecified atom stereocenters. The zero-order valence-electron chi connectivity index (χ0n) is 21.1. The predicted octanol–water partition coefficient (Wildman–Crippen LogP) is 6.19. The van der Waals surface area contributed by atoms with Gasteiger partial charge in [-0.05, 0) is 39.0 Å². The summed E-state index contributed by atoms with van der Waals surface area (Å²) >= 11 is 0. The number of allylic oxidation sites excluding steroid dienone is 1. The van der Waals surface area contributed by atoms with Gasteiger partial charge < -0.3 is 23.7 Å². The van der Waals surface area contributed by atoms with Crippen LogP contribution >= 0.6 is 7.80 Å². The molecule has 0 heterocycles. The SMILES string of the molecule is C=C(C)C(=O)[P+](=O)c1c(OCCC)c(OCCC)c(OCCC)c(OCCC)c1OCCC. The van der Waals surface area contributed by atoms with Crippen molar-refractivity contribution in [3.8, 4) is 28.7 Å². The fourth-order valence-electron chi connectivity index (χ4n) is 2.77. The van der Waals surface area contributed by atoms with Crippen LogP contribution in [0.2, 0.25) is 0 Å². The predicted molar refractivity (Wildman–Crippen MR) is 132 cm³/mol. The summed E-state index contributed by atoms with van der Waals surface area (Å²) in [4.78, 5) is 12.8. The fraction of sp³-hybridized carbons (Fsp3) is 0.640. The highest BCUT2D eigenvalue weighted by atomic mass is 31.1. The third-order valence-corrected chi connectivity index (χ3v) is 5.82. The van der Waals surface area contributed by atoms with Crippen molar-refractivity contribution >= 4 is 18.6 Å². The molecule has 1 atom stereocenters. The number of carbonyl (C=O) groups is 1. The average Bonchev–Trinajstić information content (AvgIpc) is 2.81. The smallest absolute Gasteiger partial charge is 0.466 e. The Morgan fingerprint density at radius 2 is 0.909 bits per heavy atom. The van der Waals surface area contributed by atoms with Gasteiger partial charge in [-0.2, -0.15) is 0 Å². The first-order chi connectivity index (χ1) is 15.9. The minimum atomic E-state index is -2.59. The van der Waals surface area contributed by atoms with E-state index in [9.17, 15) is 9.36 Å². The minimum Gasteiger partial charge on any atom is -0.486 e. The Morgan fingerprint density at radius 3 is 1.18 bits per heavy atom. The maximum atomic E-state index is 13.6. The summed E-state index contributed by atoms with van der Waals surface area (Å²) in [6.45, 7) is 17.0. The zero-order valence-corrected chi connectivity index (χ0v) is 22.0. The van der Waals surface area contributed by atoms with Crippen LogP contribution in [-0.4, -0.2) is 38.6 Å². The van der Waals surface area contributed by atoms with E-state index in [2.05, 4.69) is 6.58 Å². The van der Waals surface area contributed by atoms with Crippen LogP contribution in [0.1, 0.15) is 73.6 Å². The number of ether oxygens (including phenoxy) is 5. The van der Waals surface area contributed by atoms with E-state index in [0.29, 0.717) is 63.1 Å². The summed E-state index contributed by atoms with van der Waals surface area (Å²) in [5, 5.41) is 0.140. The van der Waals surface area contributed by atoms with Crippen molar-refractivity contribution in [1.29, 1.82) is 0 Å². The molecule has 8 heteroatoms. The molecule has 0 fully saturated rings. The lowest BCUT2D eigenvalue weighted by molar-refractivity contribution is -0.108. The van der Waals surface area contributed by atoms with Crippen LogP contribution in [0.15, 0.2) is 12.2 Å². The Balaban J connectivity index is 4.05. The summed E-state index contributed by atoms with van der Waals surface area (Å²) in [6, 6.07) is 0. The molecule has 0 aliphatic carbocycles. The molecule has 0 aromatic heterocycles. The van der Waals surface area contributed by atoms with Crippen LogP contribution in [0.25, 0.3) is 0 Å². The van der Waals surface area contributed by atoms with Crippen molar-refractivity contribution < 1.29 is 33.0 Å². The van der Waals surface area contributed by atoms with Crippen molar-refractivity contribution in [2.45, 2.75) is 73.6 Å². The lowest BCUT2D eigenvalue weighted by Gasteiger charge is -2.22. The van der Waals surface area contributed by atoms with Gasteiger partial charge in [0.15, 0.2) is 0 Å². The highest BCUT2D eigenvalue weighted by Crippen LogP contribution is 2.53. The van der Waals surface area contributed by atoms with Crippen LogP contribution < -0.4 is 29.0 Å². The number of carbonyl (C=O) groups excluding carboxylic acids is 1. The van der Waals surface area contributed by atoms with Gasteiger partial charge in [-0.25, -0.2) is 4.79 Å². The van der Waals surface area contributed by atoms with Gasteiger partial charge in [-0.1, -0.05) is 45.8 Å². The van der Waals surface area contributed by atoms with E-state index in [1.54, 1.807) is 0 Å². The van der Waals surface area contributed by atoms with E-state index in [1.165, 1.54) is 6.92 Å². The summed E-state index contributed by atoms with van der Waals surface area (Å²) in [5.74, 6) is 1.36. The molecule has 0 saturated carbocycles. The third kappa shape index (κ3) is 7.92. The summed E-state index contributed by atoms with van der Waals surface area (Å²) in [7, 11) is -2.59. The van der Waals surface area contributed by atoms with Gasteiger partial charge in [0.05, 0.1) is 33.0 Å². The van der Waals surface area contributed by atoms with E-state index in [1.807, 2.05) is 34.6 Å². The molecule has 0 saturated heterocycles. The topological polar surface area (TPSA) is 80.3 Å². The van der Waals surface area contributed by atoms with E-state index < -0.39 is 13.3 Å². The van der Waals surface area contributed by atoms with Crippen LogP contribution in [0.3, 0.4) is 0 Å². The van der Waals surface area contributed by atoms with E-state index in [4.69, 9.17) is 23.7 Å². The zero-order chi connectivity index (χ0) is 24.8. The molecule has 186 valence electrons. The molecule has 0 aliphatic heterocycles. The number of benzene rings is 1. The van der Waals surface area contributed by atoms with Crippen molar-refractivity contribution in [3.63, 3.8) is 0 Å². The maximum absolute atomic E-state index is 13.6. The molecule has 0 aliphatic rings. The van der Waals surface area contributed by atoms with Gasteiger partial charge in [-0.3, -0.25) is 0 Å². The lowest BCUT2D eigenvalue weighted by Crippen LogP contribution is -2.19. The molecule has 0 bridgehead atoms. The molecular formula is C25H40O7P+. The first-order valence-electron chi connectivity index (χ1n) is 11.9. The van der Waals surface area contributed by atoms with Gasteiger partial charge in [0.1, 0.15) is 0 Å². The average molecular weight is 484 g/mol. The number of rotatable bonds is 18. The van der Waals surface area contributed by atoms with Crippen LogP contribution in [0.4, 0.5) is 0 Å². The van der Waals surface area contributed by atoms with Crippen molar-refractivity contribution in [2.75, 3.05) is 33.0 Å². The molecule has 0 spiro atoms. The minimum absolute atomic E-state index is 0.140. The second-order valence-electron chi connectivity index (χ2n) is 7.62. The fourth-order valence-corrected chi connectivity index (χ4v) is 4.02. The number of hydrogen-bond acceptors (Lipinski definition) is 7. The normalized spacial score (nSPS) is 11.0. The van der Waals surface area contributed by atoms with Crippen LogP contribution in [0.5, 0.6) is 28.7 Å². The standard InChI is InChI=1S/C25H40O7P/c1-8-13-28-19-20(29-14-9-2)22(31-16-11-4)24(33(27)25(26)18(6)7)23(32-17-12-5)21(19)30-15-10-3/h6,8-17H2,1-5,7H3/q+1. The second kappa shape index (κ2) is 15.5. The summed E-state index contributed by atoms with van der Waals surface area (Å²) in [6.07, 6.45) is 3.67. The first kappa shape index (κ1) is 28.8. The van der Waals surface area contributed by atoms with Crippen LogP contribution in [0, 0.1) is 0 Å². The monoisotopic (exact) mass is 483 g/mol. The van der Waals surface area contributed by atoms with Crippen molar-refractivity contribution in [1.82, 2.24) is 0 Å². The largest absolute Gasteiger partial charge is 0.486 e. The molecule has 33 heavy (non-hydrogen) atoms. The Kier molecular flexibility index (Phi) is 13.6. The highest BCUT2D eigenvalue weighted by Gasteiger charge is 2.45. The van der Waals surface area contributed by atoms with Crippen LogP contribution in [-0.2, 0) is 9.36 Å². The Labute approximate surface area is 199 Å². The maximum Gasteiger partial charge on any atom is 0.466 e. The summed E-state index contributed by atoms with van der Waals surface area (Å²) in [5.41, 5.74) is -0.379. The lowest BCUT2D eigenvalue weighted by atomic mass is 10.2. The van der Waals surface area contributed by atoms with Gasteiger partial charge in [0.25, 0.3) is 5.30 Å². The van der Waals surface area contributed by atoms with E-state index in [-0.39, 0.29) is 22.4 Å². The van der Waals surface area contributed by atoms with Gasteiger partial charge >= 0.3 is 13.3 Å². The molecule has 7 nitrogen and oxygen atoms in total. The van der Waals surface area contributed by atoms with Gasteiger partial charge in [0.2, 0.25) is 28.7 Å². The molecule has 0 radical (unpaired) electrons. The second-order valence-corrected chi connectivity index (χ2v) is 9.06. The highest BCUT2D eigenvalue weighted by molar-refractivity contribution is 7.72. The van der Waals surface area contributed by atoms with Crippen molar-refractivity contribution in [2.24, 2.45) is 0 Å². The van der Waals surface area contributed by atoms with E-state index >= 15 is 0 Å². The molecular weight excluding hydrogens is 443 g/mol. The van der Waals surface area contributed by atoms with Gasteiger partial charge in [-0.15, -0.1) is 0 Å². The molecule has 0 amide bonds. The molecule has 0 N–H and O–H groups in total. The summed E-state index contributed by atoms with van der Waals surface area (Å²) < 4.78 is 43.9. The quantitative estimate of drug-likeness (QED) is 0.182. The Bertz CT molecular complexity index is 763. The Hall–Kier alpha value is -2.27. The number of hydrogen-bond donors (Lipinski definition) is 0. The molecule has 1 aromatic carbocycles. The van der Waals surface area contributed by atoms with Gasteiger partial charge in [0, 0.05) is 5.57 Å². The molecule has 1 rings (SSSR count). The Morgan fingerprint density at radius 1 is 0.636 bits per heavy atom. The van der Waals surface area contributed by atoms with E-state index in [0.717, 1.165) is 19.3 Å². The third-order valence-electron chi connectivity index (χ3n) is 4.26. The molecule has 1 aromatic rings.